The van der Waals surface area contributed by atoms with Gasteiger partial charge in [-0.2, -0.15) is 0 Å². The number of rotatable bonds is 7. The molecule has 0 saturated heterocycles. The van der Waals surface area contributed by atoms with Crippen LogP contribution in [0.4, 0.5) is 11.4 Å². The van der Waals surface area contributed by atoms with Crippen molar-refractivity contribution in [2.45, 2.75) is 26.2 Å². The number of amides is 1. The van der Waals surface area contributed by atoms with Gasteiger partial charge in [-0.05, 0) is 55.0 Å². The third-order valence-electron chi connectivity index (χ3n) is 3.36. The Morgan fingerprint density at radius 2 is 1.59 bits per heavy atom. The number of benzene rings is 2. The molecule has 0 spiro atoms. The Balaban J connectivity index is 1.88. The van der Waals surface area contributed by atoms with E-state index in [4.69, 9.17) is 0 Å². The summed E-state index contributed by atoms with van der Waals surface area (Å²) in [5.41, 5.74) is 2.52. The van der Waals surface area contributed by atoms with Crippen LogP contribution in [0.5, 0.6) is 0 Å². The van der Waals surface area contributed by atoms with Crippen molar-refractivity contribution in [3.8, 4) is 0 Å². The molecule has 0 fully saturated rings. The smallest absolute Gasteiger partial charge is 0.255 e. The van der Waals surface area contributed by atoms with Crippen molar-refractivity contribution in [3.63, 3.8) is 0 Å². The predicted molar refractivity (Wildman–Crippen MR) is 96.6 cm³/mol. The fourth-order valence-electron chi connectivity index (χ4n) is 2.08. The van der Waals surface area contributed by atoms with Gasteiger partial charge >= 0.3 is 0 Å². The van der Waals surface area contributed by atoms with Gasteiger partial charge in [0.2, 0.25) is 0 Å². The molecule has 0 atom stereocenters. The maximum atomic E-state index is 12.1. The van der Waals surface area contributed by atoms with Crippen LogP contribution >= 0.6 is 15.9 Å². The van der Waals surface area contributed by atoms with E-state index in [2.05, 4.69) is 33.5 Å². The molecule has 0 aromatic heterocycles. The summed E-state index contributed by atoms with van der Waals surface area (Å²) in [5.74, 6) is -0.101. The molecular weight excluding hydrogens is 340 g/mol. The Bertz CT molecular complexity index is 593. The van der Waals surface area contributed by atoms with Crippen molar-refractivity contribution in [1.29, 1.82) is 0 Å². The van der Waals surface area contributed by atoms with Crippen LogP contribution < -0.4 is 10.6 Å². The summed E-state index contributed by atoms with van der Waals surface area (Å²) in [6.07, 6.45) is 3.65. The molecule has 2 rings (SSSR count). The van der Waals surface area contributed by atoms with Gasteiger partial charge in [-0.15, -0.1) is 0 Å². The lowest BCUT2D eigenvalue weighted by atomic mass is 10.2. The third-order valence-corrected chi connectivity index (χ3v) is 3.89. The Hall–Kier alpha value is -1.81. The molecule has 0 aliphatic carbocycles. The lowest BCUT2D eigenvalue weighted by Crippen LogP contribution is -2.11. The fourth-order valence-corrected chi connectivity index (χ4v) is 2.35. The van der Waals surface area contributed by atoms with Crippen LogP contribution in [-0.4, -0.2) is 12.5 Å². The number of carbonyl (C=O) groups is 1. The highest BCUT2D eigenvalue weighted by Gasteiger charge is 2.05. The molecule has 0 bridgehead atoms. The van der Waals surface area contributed by atoms with Crippen LogP contribution in [0.2, 0.25) is 0 Å². The zero-order valence-corrected chi connectivity index (χ0v) is 14.3. The summed E-state index contributed by atoms with van der Waals surface area (Å²) in [5, 5.41) is 6.28. The van der Waals surface area contributed by atoms with Gasteiger partial charge in [-0.3, -0.25) is 4.79 Å². The first-order chi connectivity index (χ1) is 10.7. The Kier molecular flexibility index (Phi) is 6.46. The van der Waals surface area contributed by atoms with Crippen molar-refractivity contribution >= 4 is 33.2 Å². The van der Waals surface area contributed by atoms with E-state index in [1.807, 2.05) is 36.4 Å². The van der Waals surface area contributed by atoms with Gasteiger partial charge in [0, 0.05) is 28.0 Å². The van der Waals surface area contributed by atoms with Crippen LogP contribution in [0, 0.1) is 0 Å². The highest BCUT2D eigenvalue weighted by molar-refractivity contribution is 9.10. The summed E-state index contributed by atoms with van der Waals surface area (Å²) in [4.78, 5) is 12.1. The Labute approximate surface area is 140 Å². The van der Waals surface area contributed by atoms with Crippen LogP contribution in [0.15, 0.2) is 53.0 Å². The van der Waals surface area contributed by atoms with Gasteiger partial charge in [0.25, 0.3) is 5.91 Å². The first kappa shape index (κ1) is 16.6. The monoisotopic (exact) mass is 360 g/mol. The number of nitrogens with one attached hydrogen (secondary N) is 2. The molecule has 0 aliphatic heterocycles. The second-order valence-electron chi connectivity index (χ2n) is 5.17. The van der Waals surface area contributed by atoms with Crippen molar-refractivity contribution < 1.29 is 4.79 Å². The highest BCUT2D eigenvalue weighted by atomic mass is 79.9. The molecule has 3 nitrogen and oxygen atoms in total. The summed E-state index contributed by atoms with van der Waals surface area (Å²) in [6, 6.07) is 15.1. The van der Waals surface area contributed by atoms with E-state index in [9.17, 15) is 4.79 Å². The molecular formula is C18H21BrN2O. The van der Waals surface area contributed by atoms with Gasteiger partial charge in [0.1, 0.15) is 0 Å². The quantitative estimate of drug-likeness (QED) is 0.657. The Morgan fingerprint density at radius 1 is 0.955 bits per heavy atom. The lowest BCUT2D eigenvalue weighted by molar-refractivity contribution is 0.102. The maximum absolute atomic E-state index is 12.1. The molecule has 22 heavy (non-hydrogen) atoms. The first-order valence-corrected chi connectivity index (χ1v) is 8.39. The summed E-state index contributed by atoms with van der Waals surface area (Å²) >= 11 is 3.36. The SMILES string of the molecule is CCCCCNc1ccc(NC(=O)c2ccc(Br)cc2)cc1. The van der Waals surface area contributed by atoms with Crippen molar-refractivity contribution in [3.05, 3.63) is 58.6 Å². The number of hydrogen-bond acceptors (Lipinski definition) is 2. The predicted octanol–water partition coefficient (Wildman–Crippen LogP) is 5.30. The topological polar surface area (TPSA) is 41.1 Å². The van der Waals surface area contributed by atoms with E-state index in [1.54, 1.807) is 12.1 Å². The Morgan fingerprint density at radius 3 is 2.23 bits per heavy atom. The van der Waals surface area contributed by atoms with E-state index in [1.165, 1.54) is 19.3 Å². The van der Waals surface area contributed by atoms with Gasteiger partial charge in [-0.25, -0.2) is 0 Å². The molecule has 116 valence electrons. The third kappa shape index (κ3) is 5.19. The molecule has 0 saturated carbocycles. The van der Waals surface area contributed by atoms with E-state index >= 15 is 0 Å². The normalized spacial score (nSPS) is 10.3. The minimum atomic E-state index is -0.101. The molecule has 0 unspecified atom stereocenters. The van der Waals surface area contributed by atoms with Crippen LogP contribution in [0.25, 0.3) is 0 Å². The number of carbonyl (C=O) groups excluding carboxylic acids is 1. The molecule has 4 heteroatoms. The second-order valence-corrected chi connectivity index (χ2v) is 6.09. The van der Waals surface area contributed by atoms with Gasteiger partial charge in [0.15, 0.2) is 0 Å². The van der Waals surface area contributed by atoms with Crippen molar-refractivity contribution in [2.75, 3.05) is 17.2 Å². The largest absolute Gasteiger partial charge is 0.385 e. The van der Waals surface area contributed by atoms with Crippen LogP contribution in [-0.2, 0) is 0 Å². The standard InChI is InChI=1S/C18H21BrN2O/c1-2-3-4-13-20-16-9-11-17(12-10-16)21-18(22)14-5-7-15(19)8-6-14/h5-12,20H,2-4,13H2,1H3,(H,21,22). The molecule has 0 radical (unpaired) electrons. The second kappa shape index (κ2) is 8.59. The molecule has 0 aliphatic rings. The summed E-state index contributed by atoms with van der Waals surface area (Å²) in [6.45, 7) is 3.18. The van der Waals surface area contributed by atoms with E-state index in [-0.39, 0.29) is 5.91 Å². The molecule has 1 amide bonds. The molecule has 0 heterocycles. The van der Waals surface area contributed by atoms with Crippen molar-refractivity contribution in [1.82, 2.24) is 0 Å². The van der Waals surface area contributed by atoms with Crippen molar-refractivity contribution in [2.24, 2.45) is 0 Å². The molecule has 2 aromatic carbocycles. The average Bonchev–Trinajstić information content (AvgIpc) is 2.54. The maximum Gasteiger partial charge on any atom is 0.255 e. The average molecular weight is 361 g/mol. The molecule has 2 aromatic rings. The lowest BCUT2D eigenvalue weighted by Gasteiger charge is -2.08. The van der Waals surface area contributed by atoms with Gasteiger partial charge in [-0.1, -0.05) is 35.7 Å². The van der Waals surface area contributed by atoms with Gasteiger partial charge in [0.05, 0.1) is 0 Å². The number of halogens is 1. The summed E-state index contributed by atoms with van der Waals surface area (Å²) in [7, 11) is 0. The number of unbranched alkanes of at least 4 members (excludes halogenated alkanes) is 2. The zero-order chi connectivity index (χ0) is 15.8. The first-order valence-electron chi connectivity index (χ1n) is 7.60. The van der Waals surface area contributed by atoms with E-state index < -0.39 is 0 Å². The minimum absolute atomic E-state index is 0.101. The zero-order valence-electron chi connectivity index (χ0n) is 12.7. The number of hydrogen-bond donors (Lipinski definition) is 2. The summed E-state index contributed by atoms with van der Waals surface area (Å²) < 4.78 is 0.961. The van der Waals surface area contributed by atoms with Crippen LogP contribution in [0.1, 0.15) is 36.5 Å². The fraction of sp³-hybridized carbons (Fsp3) is 0.278. The van der Waals surface area contributed by atoms with E-state index in [0.29, 0.717) is 5.56 Å². The highest BCUT2D eigenvalue weighted by Crippen LogP contribution is 2.16. The minimum Gasteiger partial charge on any atom is -0.385 e. The molecule has 2 N–H and O–H groups in total. The van der Waals surface area contributed by atoms with Crippen LogP contribution in [0.3, 0.4) is 0 Å². The van der Waals surface area contributed by atoms with E-state index in [0.717, 1.165) is 22.4 Å². The van der Waals surface area contributed by atoms with Gasteiger partial charge < -0.3 is 10.6 Å². The number of anilines is 2.